The number of carbonyl (C=O) groups excluding carboxylic acids is 3. The standard InChI is InChI=1S/C10H12N2O5S.Na/c1-4(13)17-2-5-3-18-9-6(11)8(14)12(9)7(5)10(15)16;/h6,9H,2-3,11H2,1H3,(H,15,16);/q;+1/p-1/t6-,9-;/m0./s1. The largest absolute Gasteiger partial charge is 1.00 e. The van der Waals surface area contributed by atoms with E-state index in [2.05, 4.69) is 0 Å². The summed E-state index contributed by atoms with van der Waals surface area (Å²) in [5.74, 6) is -2.08. The zero-order valence-electron chi connectivity index (χ0n) is 10.5. The molecule has 98 valence electrons. The Hall–Kier alpha value is -0.540. The van der Waals surface area contributed by atoms with Crippen molar-refractivity contribution >= 4 is 29.6 Å². The topological polar surface area (TPSA) is 113 Å². The number of esters is 1. The van der Waals surface area contributed by atoms with Crippen LogP contribution in [0.2, 0.25) is 0 Å². The van der Waals surface area contributed by atoms with E-state index in [1.54, 1.807) is 0 Å². The maximum atomic E-state index is 11.5. The summed E-state index contributed by atoms with van der Waals surface area (Å²) in [5.41, 5.74) is 5.71. The minimum atomic E-state index is -1.46. The Kier molecular flexibility index (Phi) is 5.45. The van der Waals surface area contributed by atoms with Crippen LogP contribution < -0.4 is 40.4 Å². The van der Waals surface area contributed by atoms with Crippen LogP contribution in [0.5, 0.6) is 0 Å². The van der Waals surface area contributed by atoms with Gasteiger partial charge in [-0.25, -0.2) is 0 Å². The Balaban J connectivity index is 0.00000180. The van der Waals surface area contributed by atoms with Gasteiger partial charge < -0.3 is 20.4 Å². The second kappa shape index (κ2) is 6.27. The summed E-state index contributed by atoms with van der Waals surface area (Å²) in [5, 5.41) is 10.7. The molecule has 0 aromatic heterocycles. The number of ether oxygens (including phenoxy) is 1. The summed E-state index contributed by atoms with van der Waals surface area (Å²) in [6.07, 6.45) is 0. The number of thioether (sulfide) groups is 1. The second-order valence-corrected chi connectivity index (χ2v) is 5.06. The minimum Gasteiger partial charge on any atom is -0.543 e. The zero-order chi connectivity index (χ0) is 13.4. The molecule has 2 rings (SSSR count). The molecule has 19 heavy (non-hydrogen) atoms. The molecule has 0 aromatic rings. The van der Waals surface area contributed by atoms with Gasteiger partial charge in [0.25, 0.3) is 0 Å². The fourth-order valence-electron chi connectivity index (χ4n) is 1.87. The first-order valence-corrected chi connectivity index (χ1v) is 6.25. The Morgan fingerprint density at radius 3 is 2.74 bits per heavy atom. The van der Waals surface area contributed by atoms with Gasteiger partial charge in [0.05, 0.1) is 11.7 Å². The molecule has 2 N–H and O–H groups in total. The first-order chi connectivity index (χ1) is 8.43. The molecule has 2 heterocycles. The predicted octanol–water partition coefficient (Wildman–Crippen LogP) is -5.20. The number of rotatable bonds is 3. The molecule has 2 aliphatic rings. The van der Waals surface area contributed by atoms with Gasteiger partial charge in [0.15, 0.2) is 0 Å². The summed E-state index contributed by atoms with van der Waals surface area (Å²) in [6.45, 7) is 1.07. The number of carbonyl (C=O) groups is 3. The van der Waals surface area contributed by atoms with Gasteiger partial charge in [-0.2, -0.15) is 0 Å². The first-order valence-electron chi connectivity index (χ1n) is 5.20. The molecule has 0 saturated carbocycles. The smallest absolute Gasteiger partial charge is 0.543 e. The first kappa shape index (κ1) is 16.5. The summed E-state index contributed by atoms with van der Waals surface area (Å²) < 4.78 is 4.76. The molecule has 0 bridgehead atoms. The van der Waals surface area contributed by atoms with Gasteiger partial charge in [0.1, 0.15) is 18.0 Å². The molecule has 0 spiro atoms. The van der Waals surface area contributed by atoms with E-state index in [0.29, 0.717) is 11.3 Å². The van der Waals surface area contributed by atoms with Crippen molar-refractivity contribution in [3.05, 3.63) is 11.3 Å². The number of β-lactam (4-membered cyclic amide) rings is 1. The van der Waals surface area contributed by atoms with Gasteiger partial charge in [0, 0.05) is 18.2 Å². The minimum absolute atomic E-state index is 0. The Labute approximate surface area is 135 Å². The molecule has 0 unspecified atom stereocenters. The van der Waals surface area contributed by atoms with E-state index >= 15 is 0 Å². The van der Waals surface area contributed by atoms with Crippen LogP contribution in [0, 0.1) is 0 Å². The van der Waals surface area contributed by atoms with Crippen LogP contribution in [0.4, 0.5) is 0 Å². The number of carboxylic acids is 1. The van der Waals surface area contributed by atoms with Gasteiger partial charge in [-0.1, -0.05) is 0 Å². The van der Waals surface area contributed by atoms with Crippen LogP contribution in [-0.4, -0.2) is 46.5 Å². The van der Waals surface area contributed by atoms with E-state index in [-0.39, 0.29) is 47.2 Å². The second-order valence-electron chi connectivity index (χ2n) is 3.96. The van der Waals surface area contributed by atoms with Crippen molar-refractivity contribution in [3.63, 3.8) is 0 Å². The molecule has 9 heteroatoms. The van der Waals surface area contributed by atoms with Gasteiger partial charge >= 0.3 is 35.5 Å². The average molecular weight is 294 g/mol. The van der Waals surface area contributed by atoms with Gasteiger partial charge in [-0.05, 0) is 0 Å². The quantitative estimate of drug-likeness (QED) is 0.314. The molecule has 1 amide bonds. The van der Waals surface area contributed by atoms with Gasteiger partial charge in [-0.3, -0.25) is 14.5 Å². The van der Waals surface area contributed by atoms with Crippen molar-refractivity contribution in [2.45, 2.75) is 18.3 Å². The van der Waals surface area contributed by atoms with Crippen LogP contribution in [0.25, 0.3) is 0 Å². The molecule has 1 fully saturated rings. The Morgan fingerprint density at radius 2 is 2.21 bits per heavy atom. The third-order valence-electron chi connectivity index (χ3n) is 2.73. The average Bonchev–Trinajstić information content (AvgIpc) is 2.33. The molecule has 2 atom stereocenters. The summed E-state index contributed by atoms with van der Waals surface area (Å²) in [6, 6.07) is -0.681. The number of amides is 1. The third kappa shape index (κ3) is 2.97. The third-order valence-corrected chi connectivity index (χ3v) is 4.09. The van der Waals surface area contributed by atoms with Crippen molar-refractivity contribution < 1.29 is 53.8 Å². The maximum absolute atomic E-state index is 11.5. The molecule has 2 aliphatic heterocycles. The summed E-state index contributed by atoms with van der Waals surface area (Å²) >= 11 is 1.35. The molecule has 0 aliphatic carbocycles. The number of nitrogens with zero attached hydrogens (tertiary/aromatic N) is 1. The SMILES string of the molecule is CC(=O)OCC1=C(C(=O)[O-])N2C(=O)[C@H](N)[C@@H]2SC1.[Na+]. The van der Waals surface area contributed by atoms with Crippen molar-refractivity contribution in [3.8, 4) is 0 Å². The van der Waals surface area contributed by atoms with Crippen LogP contribution in [0.1, 0.15) is 6.92 Å². The van der Waals surface area contributed by atoms with Crippen molar-refractivity contribution in [2.24, 2.45) is 5.73 Å². The van der Waals surface area contributed by atoms with E-state index in [4.69, 9.17) is 10.5 Å². The summed E-state index contributed by atoms with van der Waals surface area (Å²) in [7, 11) is 0. The van der Waals surface area contributed by atoms with Crippen LogP contribution in [0.15, 0.2) is 11.3 Å². The molecule has 0 radical (unpaired) electrons. The van der Waals surface area contributed by atoms with E-state index in [1.165, 1.54) is 18.7 Å². The number of nitrogens with two attached hydrogens (primary N) is 1. The van der Waals surface area contributed by atoms with Crippen molar-refractivity contribution in [1.82, 2.24) is 4.90 Å². The number of fused-ring (bicyclic) bond motifs is 1. The van der Waals surface area contributed by atoms with E-state index in [0.717, 1.165) is 4.90 Å². The van der Waals surface area contributed by atoms with E-state index < -0.39 is 23.9 Å². The maximum Gasteiger partial charge on any atom is 1.00 e. The summed E-state index contributed by atoms with van der Waals surface area (Å²) in [4.78, 5) is 34.5. The zero-order valence-corrected chi connectivity index (χ0v) is 13.4. The molecule has 1 saturated heterocycles. The van der Waals surface area contributed by atoms with E-state index in [1.807, 2.05) is 0 Å². The number of aliphatic carboxylic acids is 1. The fourth-order valence-corrected chi connectivity index (χ4v) is 3.14. The van der Waals surface area contributed by atoms with Gasteiger partial charge in [0.2, 0.25) is 5.91 Å². The van der Waals surface area contributed by atoms with Crippen LogP contribution in [0.3, 0.4) is 0 Å². The van der Waals surface area contributed by atoms with Crippen molar-refractivity contribution in [2.75, 3.05) is 12.4 Å². The van der Waals surface area contributed by atoms with Crippen LogP contribution >= 0.6 is 11.8 Å². The normalized spacial score (nSPS) is 25.2. The molecule has 0 aromatic carbocycles. The van der Waals surface area contributed by atoms with Crippen molar-refractivity contribution in [1.29, 1.82) is 0 Å². The number of hydrogen-bond donors (Lipinski definition) is 1. The molecular weight excluding hydrogens is 283 g/mol. The number of carboxylic acid groups (broad SMARTS) is 1. The fraction of sp³-hybridized carbons (Fsp3) is 0.500. The molecular formula is C10H11N2NaO5S. The number of hydrogen-bond acceptors (Lipinski definition) is 7. The monoisotopic (exact) mass is 294 g/mol. The predicted molar refractivity (Wildman–Crippen MR) is 59.7 cm³/mol. The van der Waals surface area contributed by atoms with Gasteiger partial charge in [-0.15, -0.1) is 11.8 Å². The van der Waals surface area contributed by atoms with Crippen LogP contribution in [-0.2, 0) is 19.1 Å². The Bertz CT molecular complexity index is 467. The molecule has 7 nitrogen and oxygen atoms in total. The Morgan fingerprint density at radius 1 is 1.58 bits per heavy atom. The van der Waals surface area contributed by atoms with E-state index in [9.17, 15) is 19.5 Å².